The number of guanidine groups is 2. The van der Waals surface area contributed by atoms with Gasteiger partial charge in [0.25, 0.3) is 6.47 Å². The first-order chi connectivity index (χ1) is 30.1. The topological polar surface area (TPSA) is 278 Å². The number of hydrogen-bond donors (Lipinski definition) is 6. The molecule has 3 rings (SSSR count). The predicted octanol–water partition coefficient (Wildman–Crippen LogP) is 5.93. The average molecular weight is 877 g/mol. The minimum atomic E-state index is -0.470. The minimum Gasteiger partial charge on any atom is -0.507 e. The van der Waals surface area contributed by atoms with Crippen molar-refractivity contribution in [1.29, 1.82) is 0 Å². The molecule has 0 saturated heterocycles. The molecule has 0 radical (unpaired) electrons. The Hall–Kier alpha value is -5.90. The van der Waals surface area contributed by atoms with Crippen LogP contribution in [0.5, 0.6) is 17.2 Å². The number of allylic oxidation sites excluding steroid dienone is 4. The van der Waals surface area contributed by atoms with E-state index in [1.807, 2.05) is 46.8 Å². The Balaban J connectivity index is 1.91. The number of phenolic OH excluding ortho intramolecular Hbond substituents is 1. The third-order valence-electron chi connectivity index (χ3n) is 10.5. The lowest BCUT2D eigenvalue weighted by Crippen LogP contribution is -2.23. The van der Waals surface area contributed by atoms with E-state index in [2.05, 4.69) is 9.98 Å². The van der Waals surface area contributed by atoms with Crippen molar-refractivity contribution in [2.45, 2.75) is 118 Å². The van der Waals surface area contributed by atoms with E-state index in [4.69, 9.17) is 41.6 Å². The molecule has 10 N–H and O–H groups in total. The van der Waals surface area contributed by atoms with Crippen molar-refractivity contribution in [3.63, 3.8) is 0 Å². The van der Waals surface area contributed by atoms with E-state index in [0.717, 1.165) is 24.0 Å². The molecule has 2 aromatic carbocycles. The number of rotatable bonds is 30. The van der Waals surface area contributed by atoms with Crippen LogP contribution in [-0.2, 0) is 38.6 Å². The zero-order valence-electron chi connectivity index (χ0n) is 37.6. The molecule has 0 aliphatic carbocycles. The highest BCUT2D eigenvalue weighted by atomic mass is 16.5. The van der Waals surface area contributed by atoms with Gasteiger partial charge in [-0.25, -0.2) is 0 Å². The summed E-state index contributed by atoms with van der Waals surface area (Å²) in [5.41, 5.74) is 24.7. The molecule has 0 bridgehead atoms. The van der Waals surface area contributed by atoms with Crippen LogP contribution in [0.2, 0.25) is 0 Å². The lowest BCUT2D eigenvalue weighted by Gasteiger charge is -2.18. The zero-order chi connectivity index (χ0) is 46.5. The summed E-state index contributed by atoms with van der Waals surface area (Å²) in [6.45, 7) is 11.0. The third-order valence-corrected chi connectivity index (χ3v) is 10.5. The van der Waals surface area contributed by atoms with Crippen molar-refractivity contribution in [3.8, 4) is 17.2 Å². The highest BCUT2D eigenvalue weighted by molar-refractivity contribution is 5.97. The fraction of sp³-hybridized carbons (Fsp3) is 0.532. The zero-order valence-corrected chi connectivity index (χ0v) is 37.6. The number of ether oxygens (including phenoxy) is 3. The fourth-order valence-electron chi connectivity index (χ4n) is 7.30. The molecule has 0 aliphatic heterocycles. The van der Waals surface area contributed by atoms with E-state index in [1.165, 1.54) is 0 Å². The molecule has 63 heavy (non-hydrogen) atoms. The molecule has 1 aromatic heterocycles. The van der Waals surface area contributed by atoms with Gasteiger partial charge in [-0.15, -0.1) is 0 Å². The van der Waals surface area contributed by atoms with Crippen molar-refractivity contribution in [1.82, 2.24) is 0 Å². The van der Waals surface area contributed by atoms with Crippen LogP contribution in [0.4, 0.5) is 0 Å². The summed E-state index contributed by atoms with van der Waals surface area (Å²) >= 11 is 0. The quantitative estimate of drug-likeness (QED) is 0.0113. The predicted molar refractivity (Wildman–Crippen MR) is 247 cm³/mol. The first-order valence-electron chi connectivity index (χ1n) is 21.7. The number of carbonyl (C=O) groups is 3. The summed E-state index contributed by atoms with van der Waals surface area (Å²) in [5, 5.41) is 22.7. The second-order valence-electron chi connectivity index (χ2n) is 16.5. The van der Waals surface area contributed by atoms with Crippen molar-refractivity contribution in [3.05, 3.63) is 62.3 Å². The average Bonchev–Trinajstić information content (AvgIpc) is 3.21. The van der Waals surface area contributed by atoms with Crippen LogP contribution >= 0.6 is 0 Å². The Labute approximate surface area is 369 Å². The van der Waals surface area contributed by atoms with Crippen molar-refractivity contribution < 1.29 is 43.2 Å². The summed E-state index contributed by atoms with van der Waals surface area (Å²) in [4.78, 5) is 59.1. The summed E-state index contributed by atoms with van der Waals surface area (Å²) < 4.78 is 23.8. The van der Waals surface area contributed by atoms with Gasteiger partial charge in [0.1, 0.15) is 45.4 Å². The molecular weight excluding hydrogens is 809 g/mol. The summed E-state index contributed by atoms with van der Waals surface area (Å²) in [7, 11) is 0. The van der Waals surface area contributed by atoms with E-state index < -0.39 is 12.0 Å². The Morgan fingerprint density at radius 2 is 1.29 bits per heavy atom. The highest BCUT2D eigenvalue weighted by Gasteiger charge is 2.24. The van der Waals surface area contributed by atoms with Gasteiger partial charge in [0.2, 0.25) is 5.43 Å². The molecule has 0 spiro atoms. The number of Topliss-reactive ketones (excluding diaryl/α,β-unsaturated/α-hetero) is 2. The number of aromatic hydroxyl groups is 1. The number of nitrogens with two attached hydrogens (primary N) is 4. The van der Waals surface area contributed by atoms with Crippen LogP contribution in [0.25, 0.3) is 21.9 Å². The van der Waals surface area contributed by atoms with Crippen molar-refractivity contribution in [2.75, 3.05) is 32.9 Å². The molecule has 16 heteroatoms. The SMILES string of the molecule is CC(C)=CCc1c(OCCCC(=O)C[C@@H](C)CCCN=C(N)N)cc2oc3cc(OCCCC(=O)C[C@H](CCCN=C(N)N)COC=O)c(CO)c(CC=C(C)C)c3c(=O)c2c1O. The molecule has 0 aliphatic rings. The number of phenols is 1. The molecule has 0 fully saturated rings. The molecule has 1 heterocycles. The van der Waals surface area contributed by atoms with Gasteiger partial charge < -0.3 is 51.8 Å². The van der Waals surface area contributed by atoms with Crippen LogP contribution in [0, 0.1) is 11.8 Å². The van der Waals surface area contributed by atoms with Gasteiger partial charge in [-0.05, 0) is 90.5 Å². The lowest BCUT2D eigenvalue weighted by atomic mass is 9.95. The molecule has 3 aromatic rings. The molecule has 0 unspecified atom stereocenters. The second-order valence-corrected chi connectivity index (χ2v) is 16.5. The Morgan fingerprint density at radius 1 is 0.762 bits per heavy atom. The molecular formula is C47H68N6O10. The number of aliphatic imine (C=N–C) groups is 2. The van der Waals surface area contributed by atoms with Gasteiger partial charge in [-0.3, -0.25) is 29.2 Å². The second kappa shape index (κ2) is 26.5. The van der Waals surface area contributed by atoms with Gasteiger partial charge in [-0.1, -0.05) is 30.2 Å². The van der Waals surface area contributed by atoms with E-state index >= 15 is 0 Å². The standard InChI is InChI=1S/C47H68N6O10/c1-29(2)14-16-35-37(26-54)39(62-21-9-13-34(57)23-32(27-60-28-55)11-7-19-53-47(50)51)25-40-42(35)45(59)43-41(63-40)24-38(36(44(43)58)17-15-30(3)4)61-20-8-12-33(56)22-31(5)10-6-18-52-46(48)49/h14-15,24-25,28,31-32,54,58H,6-13,16-23,26-27H2,1-5H3,(H4,48,49,52)(H4,50,51,53)/t31-,32-/m0/s1. The number of ketones is 2. The van der Waals surface area contributed by atoms with Crippen LogP contribution in [-0.4, -0.2) is 73.1 Å². The molecule has 16 nitrogen and oxygen atoms in total. The maximum absolute atomic E-state index is 14.5. The van der Waals surface area contributed by atoms with Crippen LogP contribution in [0.1, 0.15) is 116 Å². The fourth-order valence-corrected chi connectivity index (χ4v) is 7.30. The smallest absolute Gasteiger partial charge is 0.293 e. The molecule has 0 saturated carbocycles. The number of benzene rings is 2. The van der Waals surface area contributed by atoms with Crippen molar-refractivity contribution in [2.24, 2.45) is 44.8 Å². The number of carbonyl (C=O) groups excluding carboxylic acids is 3. The number of nitrogens with zero attached hydrogens (tertiary/aromatic N) is 2. The number of hydrogen-bond acceptors (Lipinski definition) is 12. The summed E-state index contributed by atoms with van der Waals surface area (Å²) in [6.07, 6.45) is 9.17. The number of aliphatic hydroxyl groups excluding tert-OH is 1. The Kier molecular flexibility index (Phi) is 21.7. The first kappa shape index (κ1) is 51.5. The van der Waals surface area contributed by atoms with E-state index in [-0.39, 0.29) is 109 Å². The maximum atomic E-state index is 14.5. The van der Waals surface area contributed by atoms with E-state index in [0.29, 0.717) is 86.3 Å². The first-order valence-corrected chi connectivity index (χ1v) is 21.7. The lowest BCUT2D eigenvalue weighted by molar-refractivity contribution is -0.131. The largest absolute Gasteiger partial charge is 0.507 e. The van der Waals surface area contributed by atoms with Gasteiger partial charge in [0, 0.05) is 68.0 Å². The van der Waals surface area contributed by atoms with Crippen LogP contribution in [0.15, 0.2) is 54.6 Å². The third kappa shape index (κ3) is 17.1. The summed E-state index contributed by atoms with van der Waals surface area (Å²) in [6, 6.07) is 3.15. The van der Waals surface area contributed by atoms with Gasteiger partial charge >= 0.3 is 0 Å². The number of fused-ring (bicyclic) bond motifs is 2. The van der Waals surface area contributed by atoms with Gasteiger partial charge in [0.05, 0.1) is 31.8 Å². The summed E-state index contributed by atoms with van der Waals surface area (Å²) in [5.74, 6) is 0.479. The Bertz CT molecular complexity index is 2190. The minimum absolute atomic E-state index is 0.0152. The number of aliphatic hydroxyl groups is 1. The van der Waals surface area contributed by atoms with E-state index in [9.17, 15) is 29.4 Å². The molecule has 346 valence electrons. The van der Waals surface area contributed by atoms with Crippen molar-refractivity contribution >= 4 is 51.9 Å². The normalized spacial score (nSPS) is 12.0. The van der Waals surface area contributed by atoms with Crippen LogP contribution in [0.3, 0.4) is 0 Å². The van der Waals surface area contributed by atoms with Gasteiger partial charge in [0.15, 0.2) is 11.9 Å². The molecule has 2 atom stereocenters. The Morgan fingerprint density at radius 3 is 1.83 bits per heavy atom. The van der Waals surface area contributed by atoms with E-state index in [1.54, 1.807) is 12.1 Å². The molecule has 0 amide bonds. The highest BCUT2D eigenvalue weighted by Crippen LogP contribution is 2.39. The van der Waals surface area contributed by atoms with Crippen LogP contribution < -0.4 is 37.8 Å². The monoisotopic (exact) mass is 876 g/mol. The van der Waals surface area contributed by atoms with Gasteiger partial charge in [-0.2, -0.15) is 0 Å². The maximum Gasteiger partial charge on any atom is 0.293 e.